The molecule has 0 saturated carbocycles. The normalized spacial score (nSPS) is 11.4. The van der Waals surface area contributed by atoms with Crippen LogP contribution in [-0.2, 0) is 0 Å². The van der Waals surface area contributed by atoms with Gasteiger partial charge in [0.05, 0.1) is 5.60 Å². The molecule has 3 nitrogen and oxygen atoms in total. The van der Waals surface area contributed by atoms with Gasteiger partial charge < -0.3 is 10.4 Å². The van der Waals surface area contributed by atoms with Gasteiger partial charge in [0.15, 0.2) is 0 Å². The number of hydrogen-bond acceptors (Lipinski definition) is 3. The largest absolute Gasteiger partial charge is 0.390 e. The van der Waals surface area contributed by atoms with Crippen LogP contribution in [-0.4, -0.2) is 22.2 Å². The molecular formula is C11H18N2O. The zero-order valence-electron chi connectivity index (χ0n) is 9.04. The van der Waals surface area contributed by atoms with Gasteiger partial charge in [0.1, 0.15) is 0 Å². The summed E-state index contributed by atoms with van der Waals surface area (Å²) in [7, 11) is 0. The summed E-state index contributed by atoms with van der Waals surface area (Å²) in [5, 5.41) is 12.7. The highest BCUT2D eigenvalue weighted by atomic mass is 16.3. The van der Waals surface area contributed by atoms with E-state index in [1.165, 1.54) is 0 Å². The summed E-state index contributed by atoms with van der Waals surface area (Å²) in [4.78, 5) is 4.11. The SMILES string of the molecule is Cc1cc(NCCC(C)(C)O)ccn1. The van der Waals surface area contributed by atoms with Crippen molar-refractivity contribution in [1.29, 1.82) is 0 Å². The van der Waals surface area contributed by atoms with E-state index in [9.17, 15) is 5.11 Å². The zero-order valence-corrected chi connectivity index (χ0v) is 9.04. The molecule has 0 aliphatic rings. The smallest absolute Gasteiger partial charge is 0.0608 e. The van der Waals surface area contributed by atoms with E-state index in [0.717, 1.165) is 24.3 Å². The molecule has 0 radical (unpaired) electrons. The van der Waals surface area contributed by atoms with Gasteiger partial charge in [-0.25, -0.2) is 0 Å². The summed E-state index contributed by atoms with van der Waals surface area (Å²) < 4.78 is 0. The van der Waals surface area contributed by atoms with Crippen molar-refractivity contribution in [2.75, 3.05) is 11.9 Å². The topological polar surface area (TPSA) is 45.1 Å². The van der Waals surface area contributed by atoms with Crippen molar-refractivity contribution < 1.29 is 5.11 Å². The predicted octanol–water partition coefficient (Wildman–Crippen LogP) is 1.96. The molecule has 0 atom stereocenters. The number of nitrogens with one attached hydrogen (secondary N) is 1. The van der Waals surface area contributed by atoms with Crippen molar-refractivity contribution in [3.63, 3.8) is 0 Å². The highest BCUT2D eigenvalue weighted by molar-refractivity contribution is 5.42. The highest BCUT2D eigenvalue weighted by Gasteiger charge is 2.10. The highest BCUT2D eigenvalue weighted by Crippen LogP contribution is 2.10. The first-order valence-electron chi connectivity index (χ1n) is 4.86. The molecule has 0 fully saturated rings. The second-order valence-corrected chi connectivity index (χ2v) is 4.18. The third kappa shape index (κ3) is 4.23. The van der Waals surface area contributed by atoms with Gasteiger partial charge in [-0.3, -0.25) is 4.98 Å². The molecule has 0 unspecified atom stereocenters. The molecule has 1 heterocycles. The maximum Gasteiger partial charge on any atom is 0.0608 e. The molecule has 3 heteroatoms. The Balaban J connectivity index is 2.39. The third-order valence-corrected chi connectivity index (χ3v) is 1.96. The summed E-state index contributed by atoms with van der Waals surface area (Å²) in [6, 6.07) is 3.92. The Kier molecular flexibility index (Phi) is 3.47. The Labute approximate surface area is 85.2 Å². The molecule has 0 aliphatic carbocycles. The van der Waals surface area contributed by atoms with Crippen LogP contribution in [0, 0.1) is 6.92 Å². The van der Waals surface area contributed by atoms with Crippen LogP contribution in [0.1, 0.15) is 26.0 Å². The van der Waals surface area contributed by atoms with Gasteiger partial charge in [-0.2, -0.15) is 0 Å². The number of aromatic nitrogens is 1. The molecule has 1 aromatic heterocycles. The van der Waals surface area contributed by atoms with Crippen molar-refractivity contribution in [2.45, 2.75) is 32.8 Å². The van der Waals surface area contributed by atoms with E-state index >= 15 is 0 Å². The van der Waals surface area contributed by atoms with E-state index in [4.69, 9.17) is 0 Å². The number of anilines is 1. The molecular weight excluding hydrogens is 176 g/mol. The third-order valence-electron chi connectivity index (χ3n) is 1.96. The van der Waals surface area contributed by atoms with Crippen molar-refractivity contribution in [3.8, 4) is 0 Å². The maximum atomic E-state index is 9.50. The lowest BCUT2D eigenvalue weighted by Gasteiger charge is -2.17. The monoisotopic (exact) mass is 194 g/mol. The lowest BCUT2D eigenvalue weighted by Crippen LogP contribution is -2.22. The van der Waals surface area contributed by atoms with E-state index in [0.29, 0.717) is 0 Å². The van der Waals surface area contributed by atoms with Crippen LogP contribution in [0.4, 0.5) is 5.69 Å². The predicted molar refractivity (Wildman–Crippen MR) is 58.4 cm³/mol. The van der Waals surface area contributed by atoms with Crippen LogP contribution in [0.5, 0.6) is 0 Å². The minimum Gasteiger partial charge on any atom is -0.390 e. The second kappa shape index (κ2) is 4.42. The molecule has 0 spiro atoms. The molecule has 0 aliphatic heterocycles. The molecule has 0 saturated heterocycles. The molecule has 0 aromatic carbocycles. The van der Waals surface area contributed by atoms with Crippen molar-refractivity contribution in [3.05, 3.63) is 24.0 Å². The molecule has 2 N–H and O–H groups in total. The number of pyridine rings is 1. The van der Waals surface area contributed by atoms with Crippen LogP contribution in [0.25, 0.3) is 0 Å². The van der Waals surface area contributed by atoms with Gasteiger partial charge >= 0.3 is 0 Å². The number of aliphatic hydroxyl groups is 1. The summed E-state index contributed by atoms with van der Waals surface area (Å²) in [5.41, 5.74) is 1.45. The Morgan fingerprint density at radius 1 is 1.50 bits per heavy atom. The fraction of sp³-hybridized carbons (Fsp3) is 0.545. The van der Waals surface area contributed by atoms with Gasteiger partial charge in [-0.1, -0.05) is 0 Å². The Morgan fingerprint density at radius 3 is 2.79 bits per heavy atom. The average Bonchev–Trinajstić information content (AvgIpc) is 2.01. The van der Waals surface area contributed by atoms with Crippen LogP contribution >= 0.6 is 0 Å². The van der Waals surface area contributed by atoms with Gasteiger partial charge in [0.2, 0.25) is 0 Å². The Bertz CT molecular complexity index is 292. The Morgan fingerprint density at radius 2 is 2.21 bits per heavy atom. The van der Waals surface area contributed by atoms with E-state index < -0.39 is 5.60 Å². The van der Waals surface area contributed by atoms with E-state index in [1.807, 2.05) is 32.9 Å². The van der Waals surface area contributed by atoms with Gasteiger partial charge in [-0.15, -0.1) is 0 Å². The molecule has 0 bridgehead atoms. The minimum atomic E-state index is -0.602. The van der Waals surface area contributed by atoms with Crippen molar-refractivity contribution >= 4 is 5.69 Å². The van der Waals surface area contributed by atoms with Gasteiger partial charge in [0.25, 0.3) is 0 Å². The number of hydrogen-bond donors (Lipinski definition) is 2. The van der Waals surface area contributed by atoms with Crippen molar-refractivity contribution in [1.82, 2.24) is 4.98 Å². The van der Waals surface area contributed by atoms with Gasteiger partial charge in [0, 0.05) is 24.1 Å². The summed E-state index contributed by atoms with van der Waals surface area (Å²) in [6.07, 6.45) is 2.51. The minimum absolute atomic E-state index is 0.602. The second-order valence-electron chi connectivity index (χ2n) is 4.18. The fourth-order valence-electron chi connectivity index (χ4n) is 1.17. The summed E-state index contributed by atoms with van der Waals surface area (Å²) >= 11 is 0. The number of aryl methyl sites for hydroxylation is 1. The molecule has 1 rings (SSSR count). The maximum absolute atomic E-state index is 9.50. The first-order valence-corrected chi connectivity index (χ1v) is 4.86. The van der Waals surface area contributed by atoms with Crippen LogP contribution in [0.2, 0.25) is 0 Å². The first kappa shape index (κ1) is 11.0. The average molecular weight is 194 g/mol. The lowest BCUT2D eigenvalue weighted by atomic mass is 10.1. The standard InChI is InChI=1S/C11H18N2O/c1-9-8-10(4-6-12-9)13-7-5-11(2,3)14/h4,6,8,14H,5,7H2,1-3H3,(H,12,13). The van der Waals surface area contributed by atoms with Crippen molar-refractivity contribution in [2.24, 2.45) is 0 Å². The number of nitrogens with zero attached hydrogens (tertiary/aromatic N) is 1. The van der Waals surface area contributed by atoms with Crippen LogP contribution < -0.4 is 5.32 Å². The van der Waals surface area contributed by atoms with Crippen LogP contribution in [0.15, 0.2) is 18.3 Å². The van der Waals surface area contributed by atoms with Crippen LogP contribution in [0.3, 0.4) is 0 Å². The first-order chi connectivity index (χ1) is 6.47. The molecule has 1 aromatic rings. The fourth-order valence-corrected chi connectivity index (χ4v) is 1.17. The molecule has 0 amide bonds. The quantitative estimate of drug-likeness (QED) is 0.770. The number of rotatable bonds is 4. The van der Waals surface area contributed by atoms with E-state index in [-0.39, 0.29) is 0 Å². The summed E-state index contributed by atoms with van der Waals surface area (Å²) in [5.74, 6) is 0. The lowest BCUT2D eigenvalue weighted by molar-refractivity contribution is 0.0749. The van der Waals surface area contributed by atoms with Gasteiger partial charge in [-0.05, 0) is 39.3 Å². The zero-order chi connectivity index (χ0) is 10.6. The Hall–Kier alpha value is -1.09. The molecule has 78 valence electrons. The van der Waals surface area contributed by atoms with E-state index in [2.05, 4.69) is 10.3 Å². The summed E-state index contributed by atoms with van der Waals surface area (Å²) in [6.45, 7) is 6.35. The molecule has 14 heavy (non-hydrogen) atoms. The van der Waals surface area contributed by atoms with E-state index in [1.54, 1.807) is 6.20 Å².